The molecule has 0 radical (unpaired) electrons. The molecule has 2 fully saturated rings. The molecule has 0 aliphatic carbocycles. The highest BCUT2D eigenvalue weighted by Gasteiger charge is 2.47. The van der Waals surface area contributed by atoms with Crippen molar-refractivity contribution in [2.24, 2.45) is 0 Å². The van der Waals surface area contributed by atoms with E-state index in [9.17, 15) is 8.42 Å². The van der Waals surface area contributed by atoms with Crippen molar-refractivity contribution in [1.29, 1.82) is 0 Å². The minimum Gasteiger partial charge on any atom is -0.356 e. The van der Waals surface area contributed by atoms with Crippen LogP contribution in [0.1, 0.15) is 25.3 Å². The number of hydrogen-bond donors (Lipinski definition) is 1. The Morgan fingerprint density at radius 1 is 1.25 bits per heavy atom. The van der Waals surface area contributed by atoms with E-state index in [4.69, 9.17) is 12.2 Å². The molecule has 0 amide bonds. The third-order valence-corrected chi connectivity index (χ3v) is 6.05. The second-order valence-corrected chi connectivity index (χ2v) is 8.36. The van der Waals surface area contributed by atoms with Crippen LogP contribution in [0.15, 0.2) is 24.3 Å². The molecule has 4 nitrogen and oxygen atoms in total. The molecule has 20 heavy (non-hydrogen) atoms. The topological polar surface area (TPSA) is 49.4 Å². The lowest BCUT2D eigenvalue weighted by Gasteiger charge is -2.23. The molecule has 2 atom stereocenters. The number of thiocarbonyl (C=S) groups is 1. The highest BCUT2D eigenvalue weighted by atomic mass is 32.2. The largest absolute Gasteiger partial charge is 0.356 e. The molecule has 2 aliphatic heterocycles. The predicted molar refractivity (Wildman–Crippen MR) is 85.0 cm³/mol. The highest BCUT2D eigenvalue weighted by Crippen LogP contribution is 2.30. The van der Waals surface area contributed by atoms with E-state index in [-0.39, 0.29) is 23.6 Å². The van der Waals surface area contributed by atoms with Gasteiger partial charge in [-0.3, -0.25) is 0 Å². The summed E-state index contributed by atoms with van der Waals surface area (Å²) in [5.41, 5.74) is 2.24. The van der Waals surface area contributed by atoms with Gasteiger partial charge < -0.3 is 10.2 Å². The average molecular weight is 310 g/mol. The molecular weight excluding hydrogens is 292 g/mol. The molecular formula is C14H18N2O2S2. The predicted octanol–water partition coefficient (Wildman–Crippen LogP) is 1.67. The van der Waals surface area contributed by atoms with E-state index in [1.807, 2.05) is 17.0 Å². The third kappa shape index (κ3) is 2.31. The van der Waals surface area contributed by atoms with E-state index in [1.54, 1.807) is 0 Å². The van der Waals surface area contributed by atoms with E-state index < -0.39 is 9.84 Å². The Kier molecular flexibility index (Phi) is 3.25. The SMILES string of the molecule is CC(C)c1ccc(N2C(=S)NC3CS(=O)(=O)CC32)cc1. The summed E-state index contributed by atoms with van der Waals surface area (Å²) in [5.74, 6) is 0.835. The number of anilines is 1. The summed E-state index contributed by atoms with van der Waals surface area (Å²) in [6.07, 6.45) is 0. The third-order valence-electron chi connectivity index (χ3n) is 4.02. The molecule has 0 aromatic heterocycles. The Hall–Kier alpha value is -1.14. The average Bonchev–Trinajstić information content (AvgIpc) is 2.79. The van der Waals surface area contributed by atoms with Crippen LogP contribution in [0, 0.1) is 0 Å². The van der Waals surface area contributed by atoms with Gasteiger partial charge in [0.15, 0.2) is 14.9 Å². The van der Waals surface area contributed by atoms with Crippen molar-refractivity contribution in [3.63, 3.8) is 0 Å². The Morgan fingerprint density at radius 3 is 2.50 bits per heavy atom. The number of sulfone groups is 1. The maximum Gasteiger partial charge on any atom is 0.174 e. The number of fused-ring (bicyclic) bond motifs is 1. The number of nitrogens with one attached hydrogen (secondary N) is 1. The molecule has 1 aromatic carbocycles. The lowest BCUT2D eigenvalue weighted by atomic mass is 10.0. The van der Waals surface area contributed by atoms with Gasteiger partial charge in [0.1, 0.15) is 0 Å². The Morgan fingerprint density at radius 2 is 1.90 bits per heavy atom. The maximum absolute atomic E-state index is 11.8. The van der Waals surface area contributed by atoms with Crippen molar-refractivity contribution >= 4 is 32.9 Å². The van der Waals surface area contributed by atoms with Gasteiger partial charge in [0.25, 0.3) is 0 Å². The number of rotatable bonds is 2. The van der Waals surface area contributed by atoms with Crippen LogP contribution in [-0.2, 0) is 9.84 Å². The van der Waals surface area contributed by atoms with E-state index in [1.165, 1.54) is 5.56 Å². The zero-order chi connectivity index (χ0) is 14.5. The van der Waals surface area contributed by atoms with Crippen molar-refractivity contribution < 1.29 is 8.42 Å². The van der Waals surface area contributed by atoms with E-state index in [2.05, 4.69) is 31.3 Å². The zero-order valence-electron chi connectivity index (χ0n) is 11.5. The standard InChI is InChI=1S/C14H18N2O2S2/c1-9(2)10-3-5-11(6-4-10)16-13-8-20(17,18)7-12(13)15-14(16)19/h3-6,9,12-13H,7-8H2,1-2H3,(H,15,19). The van der Waals surface area contributed by atoms with Crippen molar-refractivity contribution in [2.75, 3.05) is 16.4 Å². The van der Waals surface area contributed by atoms with Gasteiger partial charge in [-0.25, -0.2) is 8.42 Å². The molecule has 0 bridgehead atoms. The van der Waals surface area contributed by atoms with E-state index >= 15 is 0 Å². The second kappa shape index (κ2) is 4.70. The lowest BCUT2D eigenvalue weighted by Crippen LogP contribution is -2.36. The van der Waals surface area contributed by atoms with Gasteiger partial charge in [0.05, 0.1) is 23.6 Å². The van der Waals surface area contributed by atoms with Crippen LogP contribution in [0.4, 0.5) is 5.69 Å². The Labute approximate surface area is 125 Å². The monoisotopic (exact) mass is 310 g/mol. The summed E-state index contributed by atoms with van der Waals surface area (Å²) in [4.78, 5) is 1.95. The molecule has 6 heteroatoms. The molecule has 3 rings (SSSR count). The smallest absolute Gasteiger partial charge is 0.174 e. The summed E-state index contributed by atoms with van der Waals surface area (Å²) >= 11 is 5.36. The zero-order valence-corrected chi connectivity index (χ0v) is 13.2. The molecule has 108 valence electrons. The fourth-order valence-corrected chi connectivity index (χ4v) is 5.21. The summed E-state index contributed by atoms with van der Waals surface area (Å²) in [6, 6.07) is 8.07. The molecule has 1 N–H and O–H groups in total. The van der Waals surface area contributed by atoms with Gasteiger partial charge in [-0.05, 0) is 35.8 Å². The van der Waals surface area contributed by atoms with Crippen LogP contribution in [0.2, 0.25) is 0 Å². The minimum absolute atomic E-state index is 0.0719. The normalized spacial score (nSPS) is 27.8. The molecule has 0 saturated carbocycles. The first-order chi connectivity index (χ1) is 9.37. The Balaban J connectivity index is 1.91. The van der Waals surface area contributed by atoms with Crippen molar-refractivity contribution in [3.05, 3.63) is 29.8 Å². The van der Waals surface area contributed by atoms with Crippen LogP contribution < -0.4 is 10.2 Å². The van der Waals surface area contributed by atoms with Crippen LogP contribution >= 0.6 is 12.2 Å². The first-order valence-electron chi connectivity index (χ1n) is 6.77. The van der Waals surface area contributed by atoms with Crippen molar-refractivity contribution in [3.8, 4) is 0 Å². The molecule has 2 unspecified atom stereocenters. The van der Waals surface area contributed by atoms with E-state index in [0.29, 0.717) is 11.0 Å². The summed E-state index contributed by atoms with van der Waals surface area (Å²) in [5, 5.41) is 3.77. The van der Waals surface area contributed by atoms with Crippen molar-refractivity contribution in [2.45, 2.75) is 31.8 Å². The number of nitrogens with zero attached hydrogens (tertiary/aromatic N) is 1. The lowest BCUT2D eigenvalue weighted by molar-refractivity contribution is 0.600. The Bertz CT molecular complexity index is 638. The fourth-order valence-electron chi connectivity index (χ4n) is 2.93. The molecule has 2 saturated heterocycles. The summed E-state index contributed by atoms with van der Waals surface area (Å²) < 4.78 is 23.5. The van der Waals surface area contributed by atoms with Crippen molar-refractivity contribution in [1.82, 2.24) is 5.32 Å². The van der Waals surface area contributed by atoms with Crippen LogP contribution in [0.25, 0.3) is 0 Å². The van der Waals surface area contributed by atoms with Gasteiger partial charge in [-0.2, -0.15) is 0 Å². The second-order valence-electron chi connectivity index (χ2n) is 5.82. The van der Waals surface area contributed by atoms with E-state index in [0.717, 1.165) is 5.69 Å². The molecule has 0 spiro atoms. The number of benzene rings is 1. The molecule has 2 heterocycles. The summed E-state index contributed by atoms with van der Waals surface area (Å²) in [6.45, 7) is 4.30. The minimum atomic E-state index is -2.96. The highest BCUT2D eigenvalue weighted by molar-refractivity contribution is 7.91. The summed E-state index contributed by atoms with van der Waals surface area (Å²) in [7, 11) is -2.96. The first kappa shape index (κ1) is 13.8. The van der Waals surface area contributed by atoms with Crippen LogP contribution in [0.5, 0.6) is 0 Å². The van der Waals surface area contributed by atoms with Gasteiger partial charge in [0.2, 0.25) is 0 Å². The fraction of sp³-hybridized carbons (Fsp3) is 0.500. The van der Waals surface area contributed by atoms with Crippen LogP contribution in [-0.4, -0.2) is 37.1 Å². The number of hydrogen-bond acceptors (Lipinski definition) is 3. The van der Waals surface area contributed by atoms with Gasteiger partial charge >= 0.3 is 0 Å². The first-order valence-corrected chi connectivity index (χ1v) is 9.00. The quantitative estimate of drug-likeness (QED) is 0.842. The van der Waals surface area contributed by atoms with Gasteiger partial charge in [-0.15, -0.1) is 0 Å². The molecule has 2 aliphatic rings. The molecule has 1 aromatic rings. The van der Waals surface area contributed by atoms with Gasteiger partial charge in [0, 0.05) is 5.69 Å². The maximum atomic E-state index is 11.8. The van der Waals surface area contributed by atoms with Crippen LogP contribution in [0.3, 0.4) is 0 Å². The van der Waals surface area contributed by atoms with Gasteiger partial charge in [-0.1, -0.05) is 26.0 Å².